The highest BCUT2D eigenvalue weighted by molar-refractivity contribution is 6.74. The Labute approximate surface area is 244 Å². The molecule has 2 aromatic rings. The van der Waals surface area contributed by atoms with Crippen molar-refractivity contribution in [2.24, 2.45) is 5.41 Å². The number of pyridine rings is 1. The smallest absolute Gasteiger partial charge is 0.192 e. The van der Waals surface area contributed by atoms with Gasteiger partial charge in [0.25, 0.3) is 0 Å². The van der Waals surface area contributed by atoms with Crippen molar-refractivity contribution in [2.45, 2.75) is 143 Å². The fourth-order valence-electron chi connectivity index (χ4n) is 5.92. The molecule has 0 fully saturated rings. The Kier molecular flexibility index (Phi) is 8.34. The lowest BCUT2D eigenvalue weighted by Crippen LogP contribution is -2.44. The molecule has 0 saturated carbocycles. The van der Waals surface area contributed by atoms with Crippen LogP contribution in [0, 0.1) is 5.41 Å². The Morgan fingerprint density at radius 2 is 1.68 bits per heavy atom. The zero-order valence-corrected chi connectivity index (χ0v) is 28.2. The number of hydrogen-bond donors (Lipinski definition) is 1. The van der Waals surface area contributed by atoms with Gasteiger partial charge in [-0.3, -0.25) is 4.98 Å². The first kappa shape index (κ1) is 31.1. The molecule has 0 aliphatic heterocycles. The maximum Gasteiger partial charge on any atom is 0.192 e. The minimum Gasteiger partial charge on any atom is -0.410 e. The van der Waals surface area contributed by atoms with Crippen LogP contribution in [0.25, 0.3) is 5.57 Å². The monoisotopic (exact) mass is 563 g/mol. The number of aliphatic hydroxyl groups is 1. The molecule has 40 heavy (non-hydrogen) atoms. The fraction of sp³-hybridized carbons (Fsp3) is 0.676. The Morgan fingerprint density at radius 3 is 2.17 bits per heavy atom. The second-order valence-corrected chi connectivity index (χ2v) is 20.6. The van der Waals surface area contributed by atoms with E-state index in [-0.39, 0.29) is 27.9 Å². The minimum atomic E-state index is -2.08. The van der Waals surface area contributed by atoms with Crippen molar-refractivity contribution in [1.82, 2.24) is 15.0 Å². The zero-order valence-electron chi connectivity index (χ0n) is 27.2. The fourth-order valence-corrected chi connectivity index (χ4v) is 7.19. The van der Waals surface area contributed by atoms with Crippen molar-refractivity contribution in [1.29, 1.82) is 0 Å². The van der Waals surface area contributed by atoms with E-state index < -0.39 is 14.4 Å². The molecule has 0 bridgehead atoms. The first-order chi connectivity index (χ1) is 18.3. The topological polar surface area (TPSA) is 68.1 Å². The predicted octanol–water partition coefficient (Wildman–Crippen LogP) is 8.98. The summed E-state index contributed by atoms with van der Waals surface area (Å²) in [6.07, 6.45) is 10.2. The summed E-state index contributed by atoms with van der Waals surface area (Å²) in [6, 6.07) is 0. The summed E-state index contributed by atoms with van der Waals surface area (Å²) in [5, 5.41) is 12.2. The van der Waals surface area contributed by atoms with E-state index >= 15 is 0 Å². The van der Waals surface area contributed by atoms with Crippen molar-refractivity contribution < 1.29 is 9.53 Å². The van der Waals surface area contributed by atoms with Crippen molar-refractivity contribution in [3.05, 3.63) is 57.9 Å². The van der Waals surface area contributed by atoms with Gasteiger partial charge < -0.3 is 9.53 Å². The third kappa shape index (κ3) is 6.14. The molecule has 2 heterocycles. The molecule has 0 amide bonds. The third-order valence-electron chi connectivity index (χ3n) is 9.17. The summed E-state index contributed by atoms with van der Waals surface area (Å²) in [6.45, 7) is 27.0. The molecule has 0 radical (unpaired) electrons. The van der Waals surface area contributed by atoms with Crippen molar-refractivity contribution in [3.63, 3.8) is 0 Å². The summed E-state index contributed by atoms with van der Waals surface area (Å²) < 4.78 is 7.26. The van der Waals surface area contributed by atoms with E-state index in [0.717, 1.165) is 60.4 Å². The van der Waals surface area contributed by atoms with Gasteiger partial charge >= 0.3 is 0 Å². The van der Waals surface area contributed by atoms with Gasteiger partial charge in [-0.25, -0.2) is 9.97 Å². The van der Waals surface area contributed by atoms with E-state index in [0.29, 0.717) is 0 Å². The molecule has 2 aromatic heterocycles. The van der Waals surface area contributed by atoms with E-state index in [1.165, 1.54) is 16.7 Å². The maximum atomic E-state index is 12.1. The number of nitrogens with zero attached hydrogens (tertiary/aromatic N) is 3. The van der Waals surface area contributed by atoms with Gasteiger partial charge in [-0.15, -0.1) is 0 Å². The molecular formula is C34H53N3O2Si. The van der Waals surface area contributed by atoms with Gasteiger partial charge in [-0.1, -0.05) is 75.3 Å². The van der Waals surface area contributed by atoms with Crippen LogP contribution in [-0.2, 0) is 16.3 Å². The molecule has 2 aliphatic carbocycles. The molecule has 6 heteroatoms. The number of aliphatic hydroxyl groups excluding tert-OH is 1. The molecule has 2 aliphatic rings. The number of hydrogen-bond acceptors (Lipinski definition) is 5. The summed E-state index contributed by atoms with van der Waals surface area (Å²) in [7, 11) is -2.08. The highest BCUT2D eigenvalue weighted by Gasteiger charge is 2.45. The Morgan fingerprint density at radius 1 is 1.05 bits per heavy atom. The molecule has 1 N–H and O–H groups in total. The average Bonchev–Trinajstić information content (AvgIpc) is 3.35. The lowest BCUT2D eigenvalue weighted by Gasteiger charge is -2.45. The van der Waals surface area contributed by atoms with Crippen LogP contribution in [0.15, 0.2) is 18.5 Å². The summed E-state index contributed by atoms with van der Waals surface area (Å²) in [5.74, 6) is 0.940. The number of fused-ring (bicyclic) bond motifs is 1. The van der Waals surface area contributed by atoms with Crippen LogP contribution >= 0.6 is 0 Å². The first-order valence-electron chi connectivity index (χ1n) is 15.3. The Bertz CT molecular complexity index is 1260. The molecule has 2 atom stereocenters. The van der Waals surface area contributed by atoms with Gasteiger partial charge in [-0.2, -0.15) is 0 Å². The van der Waals surface area contributed by atoms with Gasteiger partial charge in [0.2, 0.25) is 0 Å². The molecule has 1 unspecified atom stereocenters. The summed E-state index contributed by atoms with van der Waals surface area (Å²) in [4.78, 5) is 14.7. The van der Waals surface area contributed by atoms with Crippen LogP contribution in [-0.4, -0.2) is 28.4 Å². The maximum absolute atomic E-state index is 12.1. The van der Waals surface area contributed by atoms with E-state index in [9.17, 15) is 5.11 Å². The molecule has 5 nitrogen and oxygen atoms in total. The van der Waals surface area contributed by atoms with E-state index in [4.69, 9.17) is 9.41 Å². The molecule has 0 aromatic carbocycles. The zero-order chi connectivity index (χ0) is 29.8. The molecule has 0 saturated heterocycles. The van der Waals surface area contributed by atoms with Gasteiger partial charge in [0, 0.05) is 45.9 Å². The highest BCUT2D eigenvalue weighted by Crippen LogP contribution is 2.52. The number of allylic oxidation sites excluding steroid dienone is 2. The third-order valence-corrected chi connectivity index (χ3v) is 13.7. The van der Waals surface area contributed by atoms with E-state index in [2.05, 4.69) is 98.4 Å². The van der Waals surface area contributed by atoms with Crippen molar-refractivity contribution in [2.75, 3.05) is 0 Å². The molecular weight excluding hydrogens is 510 g/mol. The molecule has 220 valence electrons. The predicted molar refractivity (Wildman–Crippen MR) is 168 cm³/mol. The van der Waals surface area contributed by atoms with Crippen LogP contribution in [0.3, 0.4) is 0 Å². The number of aromatic nitrogens is 3. The Balaban J connectivity index is 1.99. The number of rotatable bonds is 6. The van der Waals surface area contributed by atoms with Gasteiger partial charge in [0.05, 0.1) is 6.10 Å². The normalized spacial score (nSPS) is 20.4. The summed E-state index contributed by atoms with van der Waals surface area (Å²) >= 11 is 0. The van der Waals surface area contributed by atoms with Crippen LogP contribution < -0.4 is 0 Å². The lowest BCUT2D eigenvalue weighted by atomic mass is 9.71. The van der Waals surface area contributed by atoms with Gasteiger partial charge in [-0.05, 0) is 72.7 Å². The van der Waals surface area contributed by atoms with Gasteiger partial charge in [0.1, 0.15) is 11.9 Å². The first-order valence-corrected chi connectivity index (χ1v) is 18.2. The Hall–Kier alpha value is -1.89. The molecule has 0 spiro atoms. The van der Waals surface area contributed by atoms with Crippen LogP contribution in [0.2, 0.25) is 18.1 Å². The molecule has 4 rings (SSSR count). The lowest BCUT2D eigenvalue weighted by molar-refractivity contribution is 0.105. The van der Waals surface area contributed by atoms with Gasteiger partial charge in [0.15, 0.2) is 8.32 Å². The van der Waals surface area contributed by atoms with E-state index in [1.807, 2.05) is 0 Å². The van der Waals surface area contributed by atoms with Crippen molar-refractivity contribution in [3.8, 4) is 0 Å². The standard InChI is InChI=1S/C34H53N3O2Si/c1-21(2)29-28(30(38)23-19-35-31(36-20-23)32(3,4)5)26(22-15-13-14-16-22)27-24(37-29)17-34(9,10)18-25(27)39-40(11,12)33(6,7)8/h15,19-21,25,30,38H,13-14,16-18H2,1-12H3/t25-,30?/m1/s1. The second kappa shape index (κ2) is 10.7. The summed E-state index contributed by atoms with van der Waals surface area (Å²) in [5.41, 5.74) is 7.47. The highest BCUT2D eigenvalue weighted by atomic mass is 28.4. The van der Waals surface area contributed by atoms with E-state index in [1.54, 1.807) is 12.4 Å². The van der Waals surface area contributed by atoms with Crippen LogP contribution in [0.4, 0.5) is 0 Å². The van der Waals surface area contributed by atoms with Crippen LogP contribution in [0.1, 0.15) is 153 Å². The quantitative estimate of drug-likeness (QED) is 0.355. The average molecular weight is 564 g/mol. The second-order valence-electron chi connectivity index (χ2n) is 15.8. The minimum absolute atomic E-state index is 0.0460. The van der Waals surface area contributed by atoms with Crippen LogP contribution in [0.5, 0.6) is 0 Å². The van der Waals surface area contributed by atoms with Crippen molar-refractivity contribution >= 4 is 13.9 Å². The largest absolute Gasteiger partial charge is 0.410 e. The SMILES string of the molecule is CC(C)c1nc2c(c(C3=CCCC3)c1C(O)c1cnc(C(C)(C)C)nc1)[C@H](O[Si](C)(C)C(C)(C)C)CC(C)(C)C2.